The first-order chi connectivity index (χ1) is 30.7. The van der Waals surface area contributed by atoms with Crippen LogP contribution in [0.25, 0.3) is 121 Å². The average Bonchev–Trinajstić information content (AvgIpc) is 3.86. The summed E-state index contributed by atoms with van der Waals surface area (Å²) in [7, 11) is 0. The lowest BCUT2D eigenvalue weighted by molar-refractivity contribution is 1.08. The van der Waals surface area contributed by atoms with Crippen molar-refractivity contribution in [3.05, 3.63) is 219 Å². The number of hydrogen-bond acceptors (Lipinski definition) is 2. The number of nitrogens with zero attached hydrogens (tertiary/aromatic N) is 4. The van der Waals surface area contributed by atoms with Crippen molar-refractivity contribution in [1.29, 1.82) is 0 Å². The van der Waals surface area contributed by atoms with Crippen molar-refractivity contribution in [3.63, 3.8) is 0 Å². The minimum atomic E-state index is 0.869. The summed E-state index contributed by atoms with van der Waals surface area (Å²) in [6, 6.07) is 74.6. The van der Waals surface area contributed by atoms with Crippen LogP contribution in [0.1, 0.15) is 0 Å². The molecule has 0 saturated heterocycles. The van der Waals surface area contributed by atoms with Gasteiger partial charge in [0.1, 0.15) is 5.82 Å². The summed E-state index contributed by atoms with van der Waals surface area (Å²) in [6.45, 7) is 0. The molecule has 0 fully saturated rings. The molecule has 0 amide bonds. The Hall–Kier alpha value is -8.34. The number of para-hydroxylation sites is 1. The number of hydrogen-bond donors (Lipinski definition) is 0. The highest BCUT2D eigenvalue weighted by Crippen LogP contribution is 2.41. The van der Waals surface area contributed by atoms with Crippen molar-refractivity contribution in [3.8, 4) is 45.0 Å². The smallest absolute Gasteiger partial charge is 0.138 e. The van der Waals surface area contributed by atoms with E-state index in [9.17, 15) is 0 Å². The van der Waals surface area contributed by atoms with Crippen LogP contribution in [0.4, 0.5) is 0 Å². The quantitative estimate of drug-likeness (QED) is 0.163. The monoisotopic (exact) mass is 788 g/mol. The summed E-state index contributed by atoms with van der Waals surface area (Å²) in [4.78, 5) is 9.95. The predicted octanol–water partition coefficient (Wildman–Crippen LogP) is 15.1. The molecule has 13 aromatic rings. The Bertz CT molecular complexity index is 3820. The molecule has 9 aromatic carbocycles. The third kappa shape index (κ3) is 5.27. The van der Waals surface area contributed by atoms with Gasteiger partial charge in [0.2, 0.25) is 0 Å². The molecule has 0 radical (unpaired) electrons. The number of pyridine rings is 2. The fourth-order valence-corrected chi connectivity index (χ4v) is 9.94. The van der Waals surface area contributed by atoms with Crippen molar-refractivity contribution < 1.29 is 0 Å². The van der Waals surface area contributed by atoms with E-state index in [1.54, 1.807) is 0 Å². The van der Waals surface area contributed by atoms with E-state index >= 15 is 0 Å². The Morgan fingerprint density at radius 1 is 0.290 bits per heavy atom. The highest BCUT2D eigenvalue weighted by atomic mass is 15.1. The van der Waals surface area contributed by atoms with Gasteiger partial charge in [-0.1, -0.05) is 146 Å². The van der Waals surface area contributed by atoms with E-state index in [1.165, 1.54) is 59.7 Å². The molecule has 4 nitrogen and oxygen atoms in total. The van der Waals surface area contributed by atoms with Crippen molar-refractivity contribution in [2.75, 3.05) is 0 Å². The number of aromatic nitrogens is 4. The molecule has 0 saturated carbocycles. The molecule has 0 unspecified atom stereocenters. The Labute approximate surface area is 357 Å². The summed E-state index contributed by atoms with van der Waals surface area (Å²) in [5.41, 5.74) is 12.3. The van der Waals surface area contributed by atoms with Crippen molar-refractivity contribution >= 4 is 75.9 Å². The van der Waals surface area contributed by atoms with Crippen LogP contribution in [0.2, 0.25) is 0 Å². The maximum atomic E-state index is 5.33. The van der Waals surface area contributed by atoms with E-state index in [0.717, 1.165) is 61.3 Å². The molecular formula is C58H36N4. The van der Waals surface area contributed by atoms with Gasteiger partial charge in [-0.3, -0.25) is 9.55 Å². The van der Waals surface area contributed by atoms with Gasteiger partial charge >= 0.3 is 0 Å². The standard InChI is InChI=1S/C58H36N4/c1-3-13-37(14-4-1)41-33-53(38-15-5-2-6-16-38)60-58(34-41)62-56-28-24-40(32-51(56)52-36-59-30-29-57(52)62)39-23-27-55-50(31-39)48-21-11-12-22-54(48)61(55)42-25-26-47-45-19-8-7-17-43(45)44-18-9-10-20-46(44)49(47)35-42/h1-36H. The fraction of sp³-hybridized carbons (Fsp3) is 0. The minimum Gasteiger partial charge on any atom is -0.309 e. The minimum absolute atomic E-state index is 0.869. The first kappa shape index (κ1) is 34.5. The van der Waals surface area contributed by atoms with Crippen molar-refractivity contribution in [2.24, 2.45) is 0 Å². The molecular weight excluding hydrogens is 753 g/mol. The third-order valence-electron chi connectivity index (χ3n) is 12.8. The molecule has 4 aromatic heterocycles. The first-order valence-corrected chi connectivity index (χ1v) is 21.1. The fourth-order valence-electron chi connectivity index (χ4n) is 9.94. The highest BCUT2D eigenvalue weighted by Gasteiger charge is 2.19. The summed E-state index contributed by atoms with van der Waals surface area (Å²) in [5.74, 6) is 0.869. The van der Waals surface area contributed by atoms with Crippen molar-refractivity contribution in [1.82, 2.24) is 19.1 Å². The van der Waals surface area contributed by atoms with E-state index < -0.39 is 0 Å². The SMILES string of the molecule is c1ccc(-c2cc(-c3ccccc3)nc(-n3c4ccncc4c4cc(-c5ccc6c(c5)c5ccccc5n6-c5ccc6c7ccccc7c7ccccc7c6c5)ccc43)c2)cc1. The number of fused-ring (bicyclic) bond motifs is 12. The molecule has 0 bridgehead atoms. The summed E-state index contributed by atoms with van der Waals surface area (Å²) in [5, 5.41) is 12.3. The molecule has 0 atom stereocenters. The summed E-state index contributed by atoms with van der Waals surface area (Å²) in [6.07, 6.45) is 3.87. The Morgan fingerprint density at radius 3 is 1.52 bits per heavy atom. The van der Waals surface area contributed by atoms with Gasteiger partial charge in [0.15, 0.2) is 0 Å². The van der Waals surface area contributed by atoms with E-state index in [-0.39, 0.29) is 0 Å². The van der Waals surface area contributed by atoms with E-state index in [2.05, 4.69) is 214 Å². The molecule has 288 valence electrons. The van der Waals surface area contributed by atoms with E-state index in [1.807, 2.05) is 18.5 Å². The second kappa shape index (κ2) is 13.6. The number of benzene rings is 9. The largest absolute Gasteiger partial charge is 0.309 e. The molecule has 4 heterocycles. The van der Waals surface area contributed by atoms with Gasteiger partial charge < -0.3 is 4.57 Å². The van der Waals surface area contributed by atoms with Crippen molar-refractivity contribution in [2.45, 2.75) is 0 Å². The molecule has 4 heteroatoms. The van der Waals surface area contributed by atoms with E-state index in [0.29, 0.717) is 0 Å². The zero-order valence-electron chi connectivity index (χ0n) is 33.6. The molecule has 62 heavy (non-hydrogen) atoms. The van der Waals surface area contributed by atoms with Crippen LogP contribution < -0.4 is 0 Å². The third-order valence-corrected chi connectivity index (χ3v) is 12.8. The molecule has 0 aliphatic carbocycles. The molecule has 13 rings (SSSR count). The Kier molecular flexibility index (Phi) is 7.57. The molecule has 0 aliphatic heterocycles. The highest BCUT2D eigenvalue weighted by molar-refractivity contribution is 6.25. The molecule has 0 spiro atoms. The van der Waals surface area contributed by atoms with Gasteiger partial charge in [0, 0.05) is 45.2 Å². The summed E-state index contributed by atoms with van der Waals surface area (Å²) >= 11 is 0. The van der Waals surface area contributed by atoms with Gasteiger partial charge in [0.25, 0.3) is 0 Å². The lowest BCUT2D eigenvalue weighted by atomic mass is 9.94. The van der Waals surface area contributed by atoms with Gasteiger partial charge in [-0.05, 0) is 115 Å². The number of rotatable bonds is 5. The Balaban J connectivity index is 0.979. The predicted molar refractivity (Wildman–Crippen MR) is 260 cm³/mol. The van der Waals surface area contributed by atoms with Gasteiger partial charge in [0.05, 0.1) is 27.8 Å². The van der Waals surface area contributed by atoms with Crippen LogP contribution in [-0.2, 0) is 0 Å². The normalized spacial score (nSPS) is 11.9. The van der Waals surface area contributed by atoms with Crippen LogP contribution in [0.3, 0.4) is 0 Å². The second-order valence-electron chi connectivity index (χ2n) is 16.2. The van der Waals surface area contributed by atoms with Crippen LogP contribution in [0, 0.1) is 0 Å². The maximum Gasteiger partial charge on any atom is 0.138 e. The molecule has 0 aliphatic rings. The summed E-state index contributed by atoms with van der Waals surface area (Å²) < 4.78 is 4.72. The van der Waals surface area contributed by atoms with Crippen LogP contribution in [0.15, 0.2) is 219 Å². The zero-order chi connectivity index (χ0) is 40.7. The first-order valence-electron chi connectivity index (χ1n) is 21.1. The second-order valence-corrected chi connectivity index (χ2v) is 16.2. The van der Waals surface area contributed by atoms with Gasteiger partial charge in [-0.15, -0.1) is 0 Å². The van der Waals surface area contributed by atoms with Crippen LogP contribution >= 0.6 is 0 Å². The Morgan fingerprint density at radius 2 is 0.823 bits per heavy atom. The van der Waals surface area contributed by atoms with Gasteiger partial charge in [-0.25, -0.2) is 4.98 Å². The van der Waals surface area contributed by atoms with Gasteiger partial charge in [-0.2, -0.15) is 0 Å². The van der Waals surface area contributed by atoms with Crippen LogP contribution in [0.5, 0.6) is 0 Å². The average molecular weight is 789 g/mol. The van der Waals surface area contributed by atoms with E-state index in [4.69, 9.17) is 4.98 Å². The van der Waals surface area contributed by atoms with Crippen LogP contribution in [-0.4, -0.2) is 19.1 Å². The topological polar surface area (TPSA) is 35.6 Å². The lowest BCUT2D eigenvalue weighted by Crippen LogP contribution is -2.00. The maximum absolute atomic E-state index is 5.33. The zero-order valence-corrected chi connectivity index (χ0v) is 33.6. The lowest BCUT2D eigenvalue weighted by Gasteiger charge is -2.14. The molecule has 0 N–H and O–H groups in total.